The molecular weight excluding hydrogens is 994 g/mol. The highest BCUT2D eigenvalue weighted by Crippen LogP contribution is 2.35. The molecule has 5 aromatic rings. The van der Waals surface area contributed by atoms with E-state index < -0.39 is 52.7 Å². The molecule has 4 N–H and O–H groups in total. The van der Waals surface area contributed by atoms with Crippen LogP contribution in [0.5, 0.6) is 11.5 Å². The highest BCUT2D eigenvalue weighted by molar-refractivity contribution is 6.37. The van der Waals surface area contributed by atoms with E-state index in [1.165, 1.54) is 54.6 Å². The number of benzene rings is 5. The minimum absolute atomic E-state index is 0.00262. The zero-order chi connectivity index (χ0) is 50.4. The molecule has 5 rings (SSSR count). The van der Waals surface area contributed by atoms with E-state index in [2.05, 4.69) is 41.7 Å². The zero-order valence-corrected chi connectivity index (χ0v) is 41.4. The first-order chi connectivity index (χ1) is 33.0. The van der Waals surface area contributed by atoms with E-state index in [0.29, 0.717) is 41.7 Å². The molecule has 0 aliphatic carbocycles. The number of anilines is 4. The molecule has 3 atom stereocenters. The SMILES string of the molecule is CCOc1ccc(CCl)cc1NC(=O)c1cccc(N=NC(C(C)=O)C(=O)Nc2ccc(NC(=O)C(N=Nc3cccc(C(=O)Nc4cc(CCl)ccc4OCC)c3Cl)C(C)=O)c(C(C)Cl)c2)c1Cl. The molecule has 5 aromatic carbocycles. The number of carbonyl (C=O) groups is 6. The maximum Gasteiger partial charge on any atom is 0.258 e. The Balaban J connectivity index is 1.29. The van der Waals surface area contributed by atoms with Crippen molar-refractivity contribution in [1.29, 1.82) is 0 Å². The third kappa shape index (κ3) is 14.1. The van der Waals surface area contributed by atoms with Gasteiger partial charge in [-0.3, -0.25) is 28.8 Å². The number of amides is 4. The normalized spacial score (nSPS) is 12.5. The Labute approximate surface area is 422 Å². The molecule has 3 unspecified atom stereocenters. The fourth-order valence-electron chi connectivity index (χ4n) is 6.37. The Bertz CT molecular complexity index is 2820. The van der Waals surface area contributed by atoms with Crippen molar-refractivity contribution in [3.05, 3.63) is 129 Å². The van der Waals surface area contributed by atoms with Crippen LogP contribution in [0.4, 0.5) is 34.1 Å². The van der Waals surface area contributed by atoms with E-state index in [0.717, 1.165) is 25.0 Å². The highest BCUT2D eigenvalue weighted by Gasteiger charge is 2.27. The minimum Gasteiger partial charge on any atom is -0.492 e. The second-order valence-electron chi connectivity index (χ2n) is 14.8. The van der Waals surface area contributed by atoms with Gasteiger partial charge in [-0.25, -0.2) is 0 Å². The number of carbonyl (C=O) groups excluding carboxylic acids is 6. The van der Waals surface area contributed by atoms with Crippen molar-refractivity contribution in [2.24, 2.45) is 20.5 Å². The van der Waals surface area contributed by atoms with Crippen LogP contribution in [-0.2, 0) is 30.9 Å². The average molecular weight is 1040 g/mol. The van der Waals surface area contributed by atoms with Gasteiger partial charge in [0.15, 0.2) is 11.6 Å². The number of hydrogen-bond donors (Lipinski definition) is 4. The van der Waals surface area contributed by atoms with Crippen molar-refractivity contribution in [1.82, 2.24) is 0 Å². The molecule has 69 heavy (non-hydrogen) atoms. The number of halogens is 5. The zero-order valence-electron chi connectivity index (χ0n) is 37.7. The van der Waals surface area contributed by atoms with Gasteiger partial charge < -0.3 is 30.7 Å². The van der Waals surface area contributed by atoms with Gasteiger partial charge in [0, 0.05) is 23.1 Å². The van der Waals surface area contributed by atoms with Gasteiger partial charge in [0.05, 0.1) is 51.1 Å². The maximum absolute atomic E-state index is 13.6. The lowest BCUT2D eigenvalue weighted by atomic mass is 10.1. The molecule has 0 spiro atoms. The Morgan fingerprint density at radius 3 is 1.43 bits per heavy atom. The van der Waals surface area contributed by atoms with E-state index in [1.54, 1.807) is 57.2 Å². The monoisotopic (exact) mass is 1040 g/mol. The molecule has 0 fully saturated rings. The number of Topliss-reactive ketones (excluding diaryl/α,β-unsaturated/α-hetero) is 2. The van der Waals surface area contributed by atoms with E-state index in [1.807, 2.05) is 0 Å². The predicted octanol–water partition coefficient (Wildman–Crippen LogP) is 12.4. The lowest BCUT2D eigenvalue weighted by Gasteiger charge is -2.17. The number of nitrogens with zero attached hydrogens (tertiary/aromatic N) is 4. The van der Waals surface area contributed by atoms with Gasteiger partial charge in [-0.1, -0.05) is 47.5 Å². The Morgan fingerprint density at radius 2 is 1.03 bits per heavy atom. The lowest BCUT2D eigenvalue weighted by Crippen LogP contribution is -2.32. The molecule has 0 aromatic heterocycles. The van der Waals surface area contributed by atoms with Gasteiger partial charge in [0.25, 0.3) is 23.6 Å². The summed E-state index contributed by atoms with van der Waals surface area (Å²) in [6, 6.07) is 20.1. The molecular formula is C48H45Cl5N8O8. The summed E-state index contributed by atoms with van der Waals surface area (Å²) in [6.07, 6.45) is 0. The number of alkyl halides is 3. The van der Waals surface area contributed by atoms with Crippen molar-refractivity contribution in [2.75, 3.05) is 34.5 Å². The van der Waals surface area contributed by atoms with Gasteiger partial charge in [0.2, 0.25) is 12.1 Å². The number of nitrogens with one attached hydrogen (secondary N) is 4. The van der Waals surface area contributed by atoms with Gasteiger partial charge >= 0.3 is 0 Å². The fraction of sp³-hybridized carbons (Fsp3) is 0.250. The molecule has 0 saturated heterocycles. The minimum atomic E-state index is -1.66. The topological polar surface area (TPSA) is 218 Å². The largest absolute Gasteiger partial charge is 0.492 e. The summed E-state index contributed by atoms with van der Waals surface area (Å²) >= 11 is 31.7. The van der Waals surface area contributed by atoms with Crippen molar-refractivity contribution in [2.45, 2.75) is 63.8 Å². The van der Waals surface area contributed by atoms with Gasteiger partial charge in [-0.15, -0.1) is 34.8 Å². The van der Waals surface area contributed by atoms with Crippen LogP contribution in [0, 0.1) is 0 Å². The first kappa shape index (κ1) is 53.5. The smallest absolute Gasteiger partial charge is 0.258 e. The summed E-state index contributed by atoms with van der Waals surface area (Å²) in [5, 5.41) is 25.9. The first-order valence-corrected chi connectivity index (χ1v) is 23.3. The summed E-state index contributed by atoms with van der Waals surface area (Å²) in [4.78, 5) is 79.3. The molecule has 0 radical (unpaired) electrons. The van der Waals surface area contributed by atoms with Gasteiger partial charge in [-0.05, 0) is 118 Å². The fourth-order valence-corrected chi connectivity index (χ4v) is 7.39. The van der Waals surface area contributed by atoms with E-state index in [-0.39, 0.29) is 55.7 Å². The van der Waals surface area contributed by atoms with Crippen LogP contribution in [0.15, 0.2) is 111 Å². The first-order valence-electron chi connectivity index (χ1n) is 21.0. The number of rotatable bonds is 21. The number of ether oxygens (including phenoxy) is 2. The third-order valence-corrected chi connectivity index (χ3v) is 11.4. The maximum atomic E-state index is 13.6. The average Bonchev–Trinajstić information content (AvgIpc) is 3.31. The molecule has 0 saturated carbocycles. The van der Waals surface area contributed by atoms with Crippen molar-refractivity contribution >= 4 is 127 Å². The van der Waals surface area contributed by atoms with Crippen LogP contribution in [0.2, 0.25) is 10.0 Å². The second-order valence-corrected chi connectivity index (χ2v) is 16.8. The summed E-state index contributed by atoms with van der Waals surface area (Å²) < 4.78 is 11.3. The van der Waals surface area contributed by atoms with Crippen LogP contribution in [0.3, 0.4) is 0 Å². The van der Waals surface area contributed by atoms with Crippen LogP contribution in [-0.4, -0.2) is 60.5 Å². The summed E-state index contributed by atoms with van der Waals surface area (Å²) in [7, 11) is 0. The van der Waals surface area contributed by atoms with Gasteiger partial charge in [0.1, 0.15) is 22.9 Å². The van der Waals surface area contributed by atoms with Crippen LogP contribution < -0.4 is 30.7 Å². The van der Waals surface area contributed by atoms with E-state index >= 15 is 0 Å². The third-order valence-electron chi connectivity index (χ3n) is 9.77. The molecule has 4 amide bonds. The van der Waals surface area contributed by atoms with Crippen LogP contribution in [0.25, 0.3) is 0 Å². The van der Waals surface area contributed by atoms with E-state index in [9.17, 15) is 28.8 Å². The van der Waals surface area contributed by atoms with Crippen molar-refractivity contribution < 1.29 is 38.2 Å². The molecule has 0 heterocycles. The molecule has 0 aliphatic rings. The molecule has 16 nitrogen and oxygen atoms in total. The van der Waals surface area contributed by atoms with Crippen LogP contribution in [0.1, 0.15) is 77.4 Å². The Hall–Kier alpha value is -6.43. The van der Waals surface area contributed by atoms with Crippen molar-refractivity contribution in [3.63, 3.8) is 0 Å². The van der Waals surface area contributed by atoms with Crippen LogP contribution >= 0.6 is 58.0 Å². The summed E-state index contributed by atoms with van der Waals surface area (Å²) in [5.41, 5.74) is 2.96. The van der Waals surface area contributed by atoms with Gasteiger partial charge in [-0.2, -0.15) is 20.5 Å². The second kappa shape index (κ2) is 25.3. The molecule has 0 aliphatic heterocycles. The Kier molecular flexibility index (Phi) is 19.6. The molecule has 21 heteroatoms. The highest BCUT2D eigenvalue weighted by atomic mass is 35.5. The quantitative estimate of drug-likeness (QED) is 0.0314. The standard InChI is InChI=1S/C48H45Cl5N8O8/c1-6-68-39-18-14-28(23-49)20-37(39)56-45(64)31-10-8-12-35(41(31)52)58-60-43(26(4)62)47(66)54-30-16-17-34(33(22-30)25(3)51)55-48(67)44(27(5)63)61-59-36-13-9-11-32(42(36)53)46(65)57-38-21-29(24-50)15-19-40(38)69-7-2/h8-22,25,43-44H,6-7,23-24H2,1-5H3,(H,54,66)(H,55,67)(H,56,64)(H,57,65). The Morgan fingerprint density at radius 1 is 0.580 bits per heavy atom. The van der Waals surface area contributed by atoms with Crippen molar-refractivity contribution in [3.8, 4) is 11.5 Å². The summed E-state index contributed by atoms with van der Waals surface area (Å²) in [6.45, 7) is 8.21. The molecule has 0 bridgehead atoms. The van der Waals surface area contributed by atoms with E-state index in [4.69, 9.17) is 67.5 Å². The number of azo groups is 2. The lowest BCUT2D eigenvalue weighted by molar-refractivity contribution is -0.127. The number of ketones is 2. The molecule has 360 valence electrons. The predicted molar refractivity (Wildman–Crippen MR) is 269 cm³/mol. The summed E-state index contributed by atoms with van der Waals surface area (Å²) in [5.74, 6) is -2.99. The number of hydrogen-bond acceptors (Lipinski definition) is 12.